The molecule has 0 spiro atoms. The molecule has 6 heteroatoms. The van der Waals surface area contributed by atoms with Gasteiger partial charge in [0.2, 0.25) is 0 Å². The standard InChI is InChI=1S/C9H12N2O4/c12-4-6-3-8(15-5-6)11-2-1-7(13)10-9(11)14/h1-2,6,8,12H,3-5H2,(H,10,13,14). The van der Waals surface area contributed by atoms with Gasteiger partial charge in [-0.05, 0) is 6.42 Å². The molecule has 6 nitrogen and oxygen atoms in total. The Morgan fingerprint density at radius 1 is 1.60 bits per heavy atom. The molecule has 2 N–H and O–H groups in total. The molecule has 0 amide bonds. The summed E-state index contributed by atoms with van der Waals surface area (Å²) in [5.74, 6) is 0.0637. The Kier molecular flexibility index (Phi) is 2.70. The highest BCUT2D eigenvalue weighted by Crippen LogP contribution is 2.25. The highest BCUT2D eigenvalue weighted by molar-refractivity contribution is 4.85. The Hall–Kier alpha value is -1.40. The molecule has 0 saturated carbocycles. The van der Waals surface area contributed by atoms with E-state index in [-0.39, 0.29) is 18.8 Å². The van der Waals surface area contributed by atoms with Gasteiger partial charge in [-0.1, -0.05) is 0 Å². The third-order valence-electron chi connectivity index (χ3n) is 2.48. The molecule has 1 saturated heterocycles. The van der Waals surface area contributed by atoms with Crippen LogP contribution in [0.15, 0.2) is 21.9 Å². The van der Waals surface area contributed by atoms with Crippen molar-refractivity contribution < 1.29 is 9.84 Å². The molecule has 1 aromatic rings. The van der Waals surface area contributed by atoms with E-state index in [0.29, 0.717) is 13.0 Å². The quantitative estimate of drug-likeness (QED) is 0.663. The SMILES string of the molecule is O=c1ccn(C2CC(CO)CO2)c(=O)[nH]1. The first-order chi connectivity index (χ1) is 7.20. The van der Waals surface area contributed by atoms with Crippen molar-refractivity contribution in [3.05, 3.63) is 33.1 Å². The average molecular weight is 212 g/mol. The van der Waals surface area contributed by atoms with Crippen LogP contribution in [0.2, 0.25) is 0 Å². The molecule has 0 radical (unpaired) electrons. The molecule has 2 heterocycles. The summed E-state index contributed by atoms with van der Waals surface area (Å²) in [4.78, 5) is 24.4. The molecule has 0 bridgehead atoms. The van der Waals surface area contributed by atoms with E-state index in [1.54, 1.807) is 0 Å². The van der Waals surface area contributed by atoms with Gasteiger partial charge in [-0.2, -0.15) is 0 Å². The monoisotopic (exact) mass is 212 g/mol. The molecule has 1 aliphatic heterocycles. The van der Waals surface area contributed by atoms with E-state index < -0.39 is 11.2 Å². The number of rotatable bonds is 2. The second-order valence-corrected chi connectivity index (χ2v) is 3.59. The zero-order valence-corrected chi connectivity index (χ0v) is 8.05. The fraction of sp³-hybridized carbons (Fsp3) is 0.556. The minimum absolute atomic E-state index is 0.0502. The van der Waals surface area contributed by atoms with Crippen molar-refractivity contribution in [1.29, 1.82) is 0 Å². The van der Waals surface area contributed by atoms with Crippen molar-refractivity contribution in [3.63, 3.8) is 0 Å². The van der Waals surface area contributed by atoms with Gasteiger partial charge in [0.05, 0.1) is 6.61 Å². The number of ether oxygens (including phenoxy) is 1. The predicted molar refractivity (Wildman–Crippen MR) is 51.5 cm³/mol. The average Bonchev–Trinajstić information content (AvgIpc) is 2.66. The van der Waals surface area contributed by atoms with E-state index in [0.717, 1.165) is 0 Å². The van der Waals surface area contributed by atoms with Crippen LogP contribution >= 0.6 is 0 Å². The summed E-state index contributed by atoms with van der Waals surface area (Å²) in [5.41, 5.74) is -0.904. The molecule has 2 rings (SSSR count). The second-order valence-electron chi connectivity index (χ2n) is 3.59. The number of hydrogen-bond donors (Lipinski definition) is 2. The first-order valence-electron chi connectivity index (χ1n) is 4.74. The Morgan fingerprint density at radius 3 is 3.00 bits per heavy atom. The first-order valence-corrected chi connectivity index (χ1v) is 4.74. The Balaban J connectivity index is 2.24. The molecule has 2 atom stereocenters. The summed E-state index contributed by atoms with van der Waals surface area (Å²) in [7, 11) is 0. The zero-order valence-electron chi connectivity index (χ0n) is 8.05. The van der Waals surface area contributed by atoms with Crippen LogP contribution in [-0.4, -0.2) is 27.9 Å². The van der Waals surface area contributed by atoms with Crippen molar-refractivity contribution in [2.75, 3.05) is 13.2 Å². The Morgan fingerprint density at radius 2 is 2.40 bits per heavy atom. The number of H-pyrrole nitrogens is 1. The van der Waals surface area contributed by atoms with E-state index in [1.165, 1.54) is 16.8 Å². The van der Waals surface area contributed by atoms with Crippen LogP contribution in [0.3, 0.4) is 0 Å². The number of aromatic amines is 1. The normalized spacial score (nSPS) is 25.7. The molecular weight excluding hydrogens is 200 g/mol. The smallest absolute Gasteiger partial charge is 0.330 e. The van der Waals surface area contributed by atoms with E-state index >= 15 is 0 Å². The van der Waals surface area contributed by atoms with Gasteiger partial charge in [-0.25, -0.2) is 4.79 Å². The molecule has 82 valence electrons. The lowest BCUT2D eigenvalue weighted by Gasteiger charge is -2.11. The molecular formula is C9H12N2O4. The Bertz CT molecular complexity index is 450. The van der Waals surface area contributed by atoms with Gasteiger partial charge in [0.15, 0.2) is 0 Å². The maximum absolute atomic E-state index is 11.4. The summed E-state index contributed by atoms with van der Waals surface area (Å²) in [6.07, 6.45) is 1.61. The largest absolute Gasteiger partial charge is 0.396 e. The minimum Gasteiger partial charge on any atom is -0.396 e. The summed E-state index contributed by atoms with van der Waals surface area (Å²) in [5, 5.41) is 8.92. The molecule has 15 heavy (non-hydrogen) atoms. The molecule has 0 aliphatic carbocycles. The maximum Gasteiger partial charge on any atom is 0.330 e. The van der Waals surface area contributed by atoms with Crippen molar-refractivity contribution in [3.8, 4) is 0 Å². The van der Waals surface area contributed by atoms with E-state index in [4.69, 9.17) is 9.84 Å². The third-order valence-corrected chi connectivity index (χ3v) is 2.48. The molecule has 1 aliphatic rings. The van der Waals surface area contributed by atoms with E-state index in [1.807, 2.05) is 0 Å². The Labute approximate surface area is 85.1 Å². The number of aromatic nitrogens is 2. The van der Waals surface area contributed by atoms with Gasteiger partial charge >= 0.3 is 5.69 Å². The lowest BCUT2D eigenvalue weighted by atomic mass is 10.1. The first kappa shape index (κ1) is 10.1. The minimum atomic E-state index is -0.480. The van der Waals surface area contributed by atoms with Crippen LogP contribution < -0.4 is 11.2 Å². The topological polar surface area (TPSA) is 84.3 Å². The fourth-order valence-corrected chi connectivity index (χ4v) is 1.64. The number of aliphatic hydroxyl groups excluding tert-OH is 1. The summed E-state index contributed by atoms with van der Waals surface area (Å²) in [6.45, 7) is 0.487. The predicted octanol–water partition coefficient (Wildman–Crippen LogP) is -0.936. The number of aliphatic hydroxyl groups is 1. The van der Waals surface area contributed by atoms with Crippen molar-refractivity contribution in [2.24, 2.45) is 5.92 Å². The number of nitrogens with zero attached hydrogens (tertiary/aromatic N) is 1. The lowest BCUT2D eigenvalue weighted by Crippen LogP contribution is -2.31. The molecule has 0 aromatic carbocycles. The third kappa shape index (κ3) is 2.00. The van der Waals surface area contributed by atoms with Crippen molar-refractivity contribution in [2.45, 2.75) is 12.6 Å². The van der Waals surface area contributed by atoms with Crippen LogP contribution in [-0.2, 0) is 4.74 Å². The zero-order chi connectivity index (χ0) is 10.8. The van der Waals surface area contributed by atoms with Gasteiger partial charge in [0, 0.05) is 24.8 Å². The molecule has 2 unspecified atom stereocenters. The summed E-state index contributed by atoms with van der Waals surface area (Å²) in [6, 6.07) is 1.27. The maximum atomic E-state index is 11.4. The van der Waals surface area contributed by atoms with Crippen molar-refractivity contribution >= 4 is 0 Å². The van der Waals surface area contributed by atoms with Crippen LogP contribution in [0.5, 0.6) is 0 Å². The highest BCUT2D eigenvalue weighted by atomic mass is 16.5. The lowest BCUT2D eigenvalue weighted by molar-refractivity contribution is 0.0489. The summed E-state index contributed by atoms with van der Waals surface area (Å²) < 4.78 is 6.67. The van der Waals surface area contributed by atoms with Gasteiger partial charge in [-0.15, -0.1) is 0 Å². The molecule has 1 fully saturated rings. The summed E-state index contributed by atoms with van der Waals surface area (Å²) >= 11 is 0. The number of nitrogens with one attached hydrogen (secondary N) is 1. The highest BCUT2D eigenvalue weighted by Gasteiger charge is 2.26. The van der Waals surface area contributed by atoms with Gasteiger partial charge in [0.1, 0.15) is 6.23 Å². The van der Waals surface area contributed by atoms with Gasteiger partial charge in [0.25, 0.3) is 5.56 Å². The fourth-order valence-electron chi connectivity index (χ4n) is 1.64. The van der Waals surface area contributed by atoms with Gasteiger partial charge in [-0.3, -0.25) is 14.3 Å². The van der Waals surface area contributed by atoms with E-state index in [2.05, 4.69) is 4.98 Å². The van der Waals surface area contributed by atoms with Crippen LogP contribution in [0.4, 0.5) is 0 Å². The number of hydrogen-bond acceptors (Lipinski definition) is 4. The van der Waals surface area contributed by atoms with Crippen LogP contribution in [0, 0.1) is 5.92 Å². The van der Waals surface area contributed by atoms with Crippen LogP contribution in [0.25, 0.3) is 0 Å². The van der Waals surface area contributed by atoms with E-state index in [9.17, 15) is 9.59 Å². The van der Waals surface area contributed by atoms with Crippen LogP contribution in [0.1, 0.15) is 12.6 Å². The van der Waals surface area contributed by atoms with Gasteiger partial charge < -0.3 is 9.84 Å². The second kappa shape index (κ2) is 4.00. The molecule has 1 aromatic heterocycles. The van der Waals surface area contributed by atoms with Crippen molar-refractivity contribution in [1.82, 2.24) is 9.55 Å².